The molecule has 2 aliphatic heterocycles. The number of nitrogens with two attached hydrogens (primary N) is 1. The number of hydrogen-bond donors (Lipinski definition) is 1. The maximum atomic E-state index is 5.61. The third-order valence-corrected chi connectivity index (χ3v) is 2.86. The molecule has 0 aromatic rings. The van der Waals surface area contributed by atoms with Crippen LogP contribution in [0.25, 0.3) is 0 Å². The average Bonchev–Trinajstić information content (AvgIpc) is 2.67. The third-order valence-electron chi connectivity index (χ3n) is 2.86. The van der Waals surface area contributed by atoms with E-state index in [1.165, 1.54) is 6.42 Å². The summed E-state index contributed by atoms with van der Waals surface area (Å²) in [6.45, 7) is 2.97. The van der Waals surface area contributed by atoms with E-state index in [1.54, 1.807) is 0 Å². The molecule has 0 bridgehead atoms. The van der Waals surface area contributed by atoms with Crippen LogP contribution in [0.4, 0.5) is 0 Å². The molecule has 0 aromatic carbocycles. The van der Waals surface area contributed by atoms with Crippen molar-refractivity contribution in [1.82, 2.24) is 0 Å². The van der Waals surface area contributed by atoms with Crippen LogP contribution in [-0.2, 0) is 14.2 Å². The largest absolute Gasteiger partial charge is 0.381 e. The second kappa shape index (κ2) is 5.07. The van der Waals surface area contributed by atoms with E-state index in [0.29, 0.717) is 19.1 Å². The van der Waals surface area contributed by atoms with E-state index in [9.17, 15) is 0 Å². The lowest BCUT2D eigenvalue weighted by Gasteiger charge is -2.24. The monoisotopic (exact) mass is 201 g/mol. The van der Waals surface area contributed by atoms with E-state index in [-0.39, 0.29) is 12.4 Å². The van der Waals surface area contributed by atoms with Gasteiger partial charge in [0.05, 0.1) is 12.7 Å². The number of ether oxygens (including phenoxy) is 3. The lowest BCUT2D eigenvalue weighted by atomic mass is 9.98. The van der Waals surface area contributed by atoms with E-state index in [2.05, 4.69) is 0 Å². The highest BCUT2D eigenvalue weighted by molar-refractivity contribution is 4.70. The molecule has 4 heteroatoms. The Kier molecular flexibility index (Phi) is 3.75. The zero-order chi connectivity index (χ0) is 9.80. The van der Waals surface area contributed by atoms with Gasteiger partial charge in [-0.25, -0.2) is 0 Å². The summed E-state index contributed by atoms with van der Waals surface area (Å²) in [6, 6.07) is 0. The molecule has 4 nitrogen and oxygen atoms in total. The molecule has 0 radical (unpaired) electrons. The van der Waals surface area contributed by atoms with Gasteiger partial charge >= 0.3 is 0 Å². The van der Waals surface area contributed by atoms with Crippen molar-refractivity contribution in [3.63, 3.8) is 0 Å². The summed E-state index contributed by atoms with van der Waals surface area (Å²) in [5.41, 5.74) is 5.50. The van der Waals surface area contributed by atoms with Crippen LogP contribution in [0.3, 0.4) is 0 Å². The van der Waals surface area contributed by atoms with Crippen LogP contribution in [0, 0.1) is 5.92 Å². The van der Waals surface area contributed by atoms with Crippen LogP contribution >= 0.6 is 0 Å². The van der Waals surface area contributed by atoms with Crippen molar-refractivity contribution >= 4 is 0 Å². The van der Waals surface area contributed by atoms with Crippen LogP contribution in [-0.4, -0.2) is 38.8 Å². The topological polar surface area (TPSA) is 53.7 Å². The molecule has 2 aliphatic rings. The highest BCUT2D eigenvalue weighted by Gasteiger charge is 2.28. The van der Waals surface area contributed by atoms with E-state index in [0.717, 1.165) is 26.1 Å². The van der Waals surface area contributed by atoms with Crippen molar-refractivity contribution in [3.05, 3.63) is 0 Å². The van der Waals surface area contributed by atoms with E-state index < -0.39 is 0 Å². The van der Waals surface area contributed by atoms with Gasteiger partial charge in [-0.1, -0.05) is 0 Å². The zero-order valence-electron chi connectivity index (χ0n) is 8.48. The molecule has 2 saturated heterocycles. The predicted octanol–water partition coefficient (Wildman–Crippen LogP) is 0.503. The van der Waals surface area contributed by atoms with Gasteiger partial charge < -0.3 is 19.9 Å². The molecule has 82 valence electrons. The smallest absolute Gasteiger partial charge is 0.158 e. The number of hydrogen-bond acceptors (Lipinski definition) is 4. The lowest BCUT2D eigenvalue weighted by molar-refractivity contribution is -0.0829. The molecule has 0 aliphatic carbocycles. The van der Waals surface area contributed by atoms with Gasteiger partial charge in [-0.15, -0.1) is 0 Å². The van der Waals surface area contributed by atoms with Gasteiger partial charge in [-0.05, 0) is 18.8 Å². The molecule has 2 fully saturated rings. The summed E-state index contributed by atoms with van der Waals surface area (Å²) in [5, 5.41) is 0. The van der Waals surface area contributed by atoms with Crippen LogP contribution in [0.2, 0.25) is 0 Å². The van der Waals surface area contributed by atoms with Gasteiger partial charge in [0.1, 0.15) is 0 Å². The molecule has 0 spiro atoms. The van der Waals surface area contributed by atoms with Crippen molar-refractivity contribution in [2.24, 2.45) is 11.7 Å². The molecule has 0 aromatic heterocycles. The van der Waals surface area contributed by atoms with Gasteiger partial charge in [-0.3, -0.25) is 0 Å². The molecule has 3 atom stereocenters. The van der Waals surface area contributed by atoms with Crippen molar-refractivity contribution in [3.8, 4) is 0 Å². The summed E-state index contributed by atoms with van der Waals surface area (Å²) in [6.07, 6.45) is 3.41. The Morgan fingerprint density at radius 3 is 2.86 bits per heavy atom. The fourth-order valence-corrected chi connectivity index (χ4v) is 2.02. The Morgan fingerprint density at radius 1 is 1.29 bits per heavy atom. The first kappa shape index (κ1) is 10.4. The summed E-state index contributed by atoms with van der Waals surface area (Å²) >= 11 is 0. The molecule has 2 N–H and O–H groups in total. The second-order valence-electron chi connectivity index (χ2n) is 4.08. The fourth-order valence-electron chi connectivity index (χ4n) is 2.02. The van der Waals surface area contributed by atoms with Crippen LogP contribution in [0.1, 0.15) is 19.3 Å². The minimum absolute atomic E-state index is 0.0461. The van der Waals surface area contributed by atoms with Gasteiger partial charge in [0, 0.05) is 26.2 Å². The first-order valence-corrected chi connectivity index (χ1v) is 5.43. The molecular formula is C10H19NO3. The van der Waals surface area contributed by atoms with Crippen molar-refractivity contribution < 1.29 is 14.2 Å². The summed E-state index contributed by atoms with van der Waals surface area (Å²) in [4.78, 5) is 0. The standard InChI is InChI=1S/C10H19NO3/c11-5-9-7-13-10(14-9)4-8-2-1-3-12-6-8/h8-10H,1-7,11H2. The Morgan fingerprint density at radius 2 is 2.21 bits per heavy atom. The highest BCUT2D eigenvalue weighted by Crippen LogP contribution is 2.23. The fraction of sp³-hybridized carbons (Fsp3) is 1.00. The SMILES string of the molecule is NCC1COC(CC2CCCOC2)O1. The Hall–Kier alpha value is -0.160. The van der Waals surface area contributed by atoms with Gasteiger partial charge in [0.25, 0.3) is 0 Å². The molecular weight excluding hydrogens is 182 g/mol. The van der Waals surface area contributed by atoms with Gasteiger partial charge in [0.15, 0.2) is 6.29 Å². The maximum Gasteiger partial charge on any atom is 0.158 e. The number of rotatable bonds is 3. The maximum absolute atomic E-state index is 5.61. The van der Waals surface area contributed by atoms with E-state index in [1.807, 2.05) is 0 Å². The second-order valence-corrected chi connectivity index (χ2v) is 4.08. The van der Waals surface area contributed by atoms with E-state index in [4.69, 9.17) is 19.9 Å². The third kappa shape index (κ3) is 2.67. The lowest BCUT2D eigenvalue weighted by Crippen LogP contribution is -2.25. The summed E-state index contributed by atoms with van der Waals surface area (Å²) in [7, 11) is 0. The molecule has 14 heavy (non-hydrogen) atoms. The predicted molar refractivity (Wildman–Crippen MR) is 51.8 cm³/mol. The minimum atomic E-state index is -0.0461. The molecule has 0 amide bonds. The first-order valence-electron chi connectivity index (χ1n) is 5.43. The Bertz CT molecular complexity index is 171. The van der Waals surface area contributed by atoms with Crippen LogP contribution in [0.5, 0.6) is 0 Å². The average molecular weight is 201 g/mol. The highest BCUT2D eigenvalue weighted by atomic mass is 16.7. The van der Waals surface area contributed by atoms with Gasteiger partial charge in [0.2, 0.25) is 0 Å². The molecule has 3 unspecified atom stereocenters. The Balaban J connectivity index is 1.69. The van der Waals surface area contributed by atoms with Crippen LogP contribution < -0.4 is 5.73 Å². The molecule has 0 saturated carbocycles. The summed E-state index contributed by atoms with van der Waals surface area (Å²) in [5.74, 6) is 0.602. The Labute approximate surface area is 84.7 Å². The molecule has 2 rings (SSSR count). The van der Waals surface area contributed by atoms with Crippen molar-refractivity contribution in [2.45, 2.75) is 31.7 Å². The van der Waals surface area contributed by atoms with Crippen molar-refractivity contribution in [1.29, 1.82) is 0 Å². The molecule has 2 heterocycles. The zero-order valence-corrected chi connectivity index (χ0v) is 8.48. The van der Waals surface area contributed by atoms with E-state index >= 15 is 0 Å². The minimum Gasteiger partial charge on any atom is -0.381 e. The quantitative estimate of drug-likeness (QED) is 0.722. The normalized spacial score (nSPS) is 38.8. The summed E-state index contributed by atoms with van der Waals surface area (Å²) < 4.78 is 16.5. The first-order chi connectivity index (χ1) is 6.88. The van der Waals surface area contributed by atoms with Crippen molar-refractivity contribution in [2.75, 3.05) is 26.4 Å². The van der Waals surface area contributed by atoms with Gasteiger partial charge in [-0.2, -0.15) is 0 Å². The van der Waals surface area contributed by atoms with Crippen LogP contribution in [0.15, 0.2) is 0 Å².